The van der Waals surface area contributed by atoms with Gasteiger partial charge in [-0.15, -0.1) is 0 Å². The lowest BCUT2D eigenvalue weighted by molar-refractivity contribution is -0.0505. The smallest absolute Gasteiger partial charge is 0.387 e. The third-order valence-electron chi connectivity index (χ3n) is 6.50. The molecule has 0 atom stereocenters. The summed E-state index contributed by atoms with van der Waals surface area (Å²) in [6, 6.07) is 10.7. The Morgan fingerprint density at radius 2 is 1.81 bits per heavy atom. The van der Waals surface area contributed by atoms with Crippen molar-refractivity contribution in [3.63, 3.8) is 0 Å². The fourth-order valence-electron chi connectivity index (χ4n) is 4.49. The van der Waals surface area contributed by atoms with Crippen LogP contribution in [0.2, 0.25) is 0 Å². The summed E-state index contributed by atoms with van der Waals surface area (Å²) in [6.07, 6.45) is 4.28. The maximum atomic E-state index is 13.0. The number of halogens is 2. The number of aryl methyl sites for hydroxylation is 1. The molecule has 0 unspecified atom stereocenters. The minimum atomic E-state index is -2.94. The first kappa shape index (κ1) is 23.9. The number of fused-ring (bicyclic) bond motifs is 1. The molecule has 0 amide bonds. The van der Waals surface area contributed by atoms with Gasteiger partial charge in [0, 0.05) is 43.7 Å². The lowest BCUT2D eigenvalue weighted by Gasteiger charge is -2.26. The maximum Gasteiger partial charge on any atom is 0.387 e. The molecule has 0 aliphatic carbocycles. The van der Waals surface area contributed by atoms with Crippen molar-refractivity contribution in [1.29, 1.82) is 0 Å². The molecule has 36 heavy (non-hydrogen) atoms. The predicted octanol–water partition coefficient (Wildman–Crippen LogP) is 3.85. The third kappa shape index (κ3) is 4.68. The lowest BCUT2D eigenvalue weighted by Crippen LogP contribution is -2.37. The van der Waals surface area contributed by atoms with Crippen LogP contribution in [-0.2, 0) is 24.8 Å². The van der Waals surface area contributed by atoms with Gasteiger partial charge in [-0.2, -0.15) is 8.78 Å². The van der Waals surface area contributed by atoms with Crippen molar-refractivity contribution in [2.75, 3.05) is 31.2 Å². The normalized spacial score (nSPS) is 14.1. The SMILES string of the molecule is CCc1ccc(OC(F)F)c(Cn2c3cc(-c4cnc(N5CCOCC5)nc4)ccc3c(=O)n2C)c1. The van der Waals surface area contributed by atoms with Crippen LogP contribution in [0.25, 0.3) is 22.0 Å². The molecule has 188 valence electrons. The zero-order valence-electron chi connectivity index (χ0n) is 20.2. The van der Waals surface area contributed by atoms with Gasteiger partial charge in [-0.05, 0) is 35.7 Å². The number of morpholine rings is 1. The van der Waals surface area contributed by atoms with Crippen molar-refractivity contribution in [2.45, 2.75) is 26.5 Å². The second-order valence-corrected chi connectivity index (χ2v) is 8.66. The Morgan fingerprint density at radius 3 is 2.50 bits per heavy atom. The van der Waals surface area contributed by atoms with E-state index in [-0.39, 0.29) is 17.9 Å². The zero-order chi connectivity index (χ0) is 25.2. The van der Waals surface area contributed by atoms with Crippen LogP contribution in [0.4, 0.5) is 14.7 Å². The van der Waals surface area contributed by atoms with Gasteiger partial charge in [-0.25, -0.2) is 9.97 Å². The van der Waals surface area contributed by atoms with E-state index in [1.54, 1.807) is 42.3 Å². The topological polar surface area (TPSA) is 74.4 Å². The summed E-state index contributed by atoms with van der Waals surface area (Å²) in [4.78, 5) is 24.1. The molecule has 0 spiro atoms. The van der Waals surface area contributed by atoms with Gasteiger partial charge >= 0.3 is 6.61 Å². The fraction of sp³-hybridized carbons (Fsp3) is 0.346. The van der Waals surface area contributed by atoms with E-state index in [1.165, 1.54) is 4.68 Å². The molecule has 10 heteroatoms. The Labute approximate surface area is 206 Å². The van der Waals surface area contributed by atoms with Crippen molar-refractivity contribution >= 4 is 16.9 Å². The number of alkyl halides is 2. The first-order valence-electron chi connectivity index (χ1n) is 11.9. The van der Waals surface area contributed by atoms with E-state index >= 15 is 0 Å². The number of aromatic nitrogens is 4. The largest absolute Gasteiger partial charge is 0.434 e. The fourth-order valence-corrected chi connectivity index (χ4v) is 4.49. The van der Waals surface area contributed by atoms with Gasteiger partial charge in [0.25, 0.3) is 5.56 Å². The van der Waals surface area contributed by atoms with Crippen molar-refractivity contribution in [2.24, 2.45) is 7.05 Å². The van der Waals surface area contributed by atoms with Crippen molar-refractivity contribution in [3.8, 4) is 16.9 Å². The first-order chi connectivity index (χ1) is 17.4. The molecule has 0 radical (unpaired) electrons. The van der Waals surface area contributed by atoms with E-state index < -0.39 is 6.61 Å². The lowest BCUT2D eigenvalue weighted by atomic mass is 10.1. The van der Waals surface area contributed by atoms with Gasteiger partial charge < -0.3 is 14.4 Å². The van der Waals surface area contributed by atoms with Crippen LogP contribution in [-0.4, -0.2) is 52.2 Å². The number of hydrogen-bond donors (Lipinski definition) is 0. The van der Waals surface area contributed by atoms with Gasteiger partial charge in [0.05, 0.1) is 30.7 Å². The maximum absolute atomic E-state index is 13.0. The Bertz CT molecular complexity index is 1430. The molecule has 1 aliphatic heterocycles. The standard InChI is InChI=1S/C26H27F2N5O3/c1-3-17-4-7-23(36-25(27)28)19(12-17)16-33-22-13-18(5-6-21(22)24(34)31(33)2)20-14-29-26(30-15-20)32-8-10-35-11-9-32/h4-7,12-15,25H,3,8-11,16H2,1-2H3. The molecule has 0 bridgehead atoms. The molecule has 0 N–H and O–H groups in total. The molecule has 2 aromatic heterocycles. The summed E-state index contributed by atoms with van der Waals surface area (Å²) in [6.45, 7) is 2.05. The van der Waals surface area contributed by atoms with E-state index in [1.807, 2.05) is 25.1 Å². The van der Waals surface area contributed by atoms with Crippen molar-refractivity contribution in [1.82, 2.24) is 19.3 Å². The zero-order valence-corrected chi connectivity index (χ0v) is 20.2. The Kier molecular flexibility index (Phi) is 6.69. The second kappa shape index (κ2) is 10.1. The number of rotatable bonds is 7. The molecular weight excluding hydrogens is 468 g/mol. The summed E-state index contributed by atoms with van der Waals surface area (Å²) >= 11 is 0. The third-order valence-corrected chi connectivity index (χ3v) is 6.50. The van der Waals surface area contributed by atoms with Gasteiger partial charge in [-0.1, -0.05) is 25.1 Å². The highest BCUT2D eigenvalue weighted by Gasteiger charge is 2.17. The van der Waals surface area contributed by atoms with E-state index in [2.05, 4.69) is 14.9 Å². The molecule has 8 nitrogen and oxygen atoms in total. The summed E-state index contributed by atoms with van der Waals surface area (Å²) in [5.74, 6) is 0.752. The number of nitrogens with zero attached hydrogens (tertiary/aromatic N) is 5. The monoisotopic (exact) mass is 495 g/mol. The van der Waals surface area contributed by atoms with Crippen molar-refractivity contribution in [3.05, 3.63) is 70.3 Å². The van der Waals surface area contributed by atoms with Crippen LogP contribution < -0.4 is 15.2 Å². The Hall–Kier alpha value is -3.79. The first-order valence-corrected chi connectivity index (χ1v) is 11.9. The molecule has 5 rings (SSSR count). The van der Waals surface area contributed by atoms with Crippen LogP contribution in [0.1, 0.15) is 18.1 Å². The highest BCUT2D eigenvalue weighted by molar-refractivity contribution is 5.84. The van der Waals surface area contributed by atoms with E-state index in [0.717, 1.165) is 36.2 Å². The highest BCUT2D eigenvalue weighted by Crippen LogP contribution is 2.27. The molecule has 1 fully saturated rings. The average molecular weight is 496 g/mol. The minimum Gasteiger partial charge on any atom is -0.434 e. The number of hydrogen-bond acceptors (Lipinski definition) is 6. The summed E-state index contributed by atoms with van der Waals surface area (Å²) in [7, 11) is 1.67. The molecule has 0 saturated carbocycles. The summed E-state index contributed by atoms with van der Waals surface area (Å²) in [5, 5.41) is 0.537. The summed E-state index contributed by atoms with van der Waals surface area (Å²) in [5.41, 5.74) is 3.74. The second-order valence-electron chi connectivity index (χ2n) is 8.66. The van der Waals surface area contributed by atoms with Crippen LogP contribution in [0.5, 0.6) is 5.75 Å². The van der Waals surface area contributed by atoms with E-state index in [4.69, 9.17) is 9.47 Å². The number of ether oxygens (including phenoxy) is 2. The molecule has 2 aromatic carbocycles. The van der Waals surface area contributed by atoms with Crippen LogP contribution in [0.3, 0.4) is 0 Å². The molecular formula is C26H27F2N5O3. The number of benzene rings is 2. The van der Waals surface area contributed by atoms with Crippen LogP contribution >= 0.6 is 0 Å². The van der Waals surface area contributed by atoms with Gasteiger partial charge in [0.2, 0.25) is 5.95 Å². The predicted molar refractivity (Wildman–Crippen MR) is 133 cm³/mol. The van der Waals surface area contributed by atoms with Crippen LogP contribution in [0, 0.1) is 0 Å². The molecule has 4 aromatic rings. The van der Waals surface area contributed by atoms with E-state index in [0.29, 0.717) is 35.6 Å². The van der Waals surface area contributed by atoms with Crippen LogP contribution in [0.15, 0.2) is 53.6 Å². The molecule has 1 saturated heterocycles. The quantitative estimate of drug-likeness (QED) is 0.388. The van der Waals surface area contributed by atoms with Gasteiger partial charge in [-0.3, -0.25) is 14.2 Å². The highest BCUT2D eigenvalue weighted by atomic mass is 19.3. The molecule has 1 aliphatic rings. The van der Waals surface area contributed by atoms with E-state index in [9.17, 15) is 13.6 Å². The average Bonchev–Trinajstić information content (AvgIpc) is 3.14. The summed E-state index contributed by atoms with van der Waals surface area (Å²) < 4.78 is 39.5. The van der Waals surface area contributed by atoms with Gasteiger partial charge in [0.15, 0.2) is 0 Å². The Balaban J connectivity index is 1.52. The van der Waals surface area contributed by atoms with Gasteiger partial charge in [0.1, 0.15) is 5.75 Å². The number of anilines is 1. The minimum absolute atomic E-state index is 0.0970. The van der Waals surface area contributed by atoms with Crippen molar-refractivity contribution < 1.29 is 18.3 Å². The Morgan fingerprint density at radius 1 is 1.06 bits per heavy atom. The molecule has 3 heterocycles.